The first-order valence-electron chi connectivity index (χ1n) is 8.11. The molecule has 9 heteroatoms. The summed E-state index contributed by atoms with van der Waals surface area (Å²) < 4.78 is 52.0. The van der Waals surface area contributed by atoms with Gasteiger partial charge in [-0.2, -0.15) is 13.2 Å². The monoisotopic (exact) mass is 374 g/mol. The second kappa shape index (κ2) is 5.75. The van der Waals surface area contributed by atoms with Gasteiger partial charge in [0, 0.05) is 18.3 Å². The van der Waals surface area contributed by atoms with Crippen molar-refractivity contribution in [2.75, 3.05) is 11.9 Å². The summed E-state index contributed by atoms with van der Waals surface area (Å²) in [5.74, 6) is -2.35. The van der Waals surface area contributed by atoms with E-state index in [1.165, 1.54) is 11.0 Å². The number of fused-ring (bicyclic) bond motifs is 3. The molecule has 2 aliphatic heterocycles. The Morgan fingerprint density at radius 3 is 2.50 bits per heavy atom. The van der Waals surface area contributed by atoms with Crippen LogP contribution in [0.4, 0.5) is 23.7 Å². The number of carbonyl (C=O) groups is 1. The van der Waals surface area contributed by atoms with Crippen molar-refractivity contribution in [3.8, 4) is 0 Å². The molecule has 0 aromatic heterocycles. The van der Waals surface area contributed by atoms with Crippen LogP contribution in [0.25, 0.3) is 0 Å². The smallest absolute Gasteiger partial charge is 0.408 e. The van der Waals surface area contributed by atoms with Crippen LogP contribution in [0.15, 0.2) is 24.3 Å². The van der Waals surface area contributed by atoms with Crippen LogP contribution in [0.3, 0.4) is 0 Å². The van der Waals surface area contributed by atoms with E-state index in [0.717, 1.165) is 0 Å². The van der Waals surface area contributed by atoms with Crippen molar-refractivity contribution >= 4 is 11.8 Å². The number of aliphatic hydroxyl groups excluding tert-OH is 1. The van der Waals surface area contributed by atoms with Gasteiger partial charge in [-0.05, 0) is 26.8 Å². The second-order valence-corrected chi connectivity index (χ2v) is 7.52. The third-order valence-electron chi connectivity index (χ3n) is 4.58. The number of rotatable bonds is 1. The Bertz CT molecular complexity index is 719. The molecule has 4 atom stereocenters. The molecule has 26 heavy (non-hydrogen) atoms. The van der Waals surface area contributed by atoms with Crippen LogP contribution >= 0.6 is 0 Å². The fourth-order valence-electron chi connectivity index (χ4n) is 3.75. The molecule has 1 fully saturated rings. The van der Waals surface area contributed by atoms with Gasteiger partial charge in [0.05, 0.1) is 0 Å². The molecular weight excluding hydrogens is 353 g/mol. The number of alkyl halides is 3. The maximum atomic E-state index is 13.9. The molecule has 1 aromatic carbocycles. The lowest BCUT2D eigenvalue weighted by molar-refractivity contribution is -0.232. The molecular formula is C17H21F3N2O4. The summed E-state index contributed by atoms with van der Waals surface area (Å²) >= 11 is 0. The molecule has 1 aromatic rings. The topological polar surface area (TPSA) is 71.0 Å². The maximum absolute atomic E-state index is 13.9. The van der Waals surface area contributed by atoms with Gasteiger partial charge in [0.25, 0.3) is 0 Å². The number of aliphatic hydroxyl groups is 1. The zero-order chi connectivity index (χ0) is 19.5. The minimum atomic E-state index is -4.82. The van der Waals surface area contributed by atoms with Gasteiger partial charge in [-0.25, -0.2) is 4.79 Å². The molecule has 6 nitrogen and oxygen atoms in total. The highest BCUT2D eigenvalue weighted by molar-refractivity contribution is 5.74. The third kappa shape index (κ3) is 2.79. The van der Waals surface area contributed by atoms with E-state index in [4.69, 9.17) is 9.47 Å². The highest BCUT2D eigenvalue weighted by atomic mass is 19.4. The van der Waals surface area contributed by atoms with Crippen molar-refractivity contribution in [3.63, 3.8) is 0 Å². The predicted octanol–water partition coefficient (Wildman–Crippen LogP) is 2.71. The number of hydrogen-bond acceptors (Lipinski definition) is 5. The van der Waals surface area contributed by atoms with Crippen LogP contribution in [0.5, 0.6) is 0 Å². The molecule has 0 radical (unpaired) electrons. The Labute approximate surface area is 148 Å². The Morgan fingerprint density at radius 1 is 1.31 bits per heavy atom. The molecule has 0 bridgehead atoms. The number of nitrogens with zero attached hydrogens (tertiary/aromatic N) is 1. The van der Waals surface area contributed by atoms with Crippen LogP contribution in [-0.2, 0) is 15.0 Å². The Morgan fingerprint density at radius 2 is 1.92 bits per heavy atom. The molecule has 0 spiro atoms. The van der Waals surface area contributed by atoms with Crippen LogP contribution < -0.4 is 10.2 Å². The van der Waals surface area contributed by atoms with Crippen LogP contribution in [0.2, 0.25) is 0 Å². The Balaban J connectivity index is 2.14. The van der Waals surface area contributed by atoms with Gasteiger partial charge in [0.1, 0.15) is 17.1 Å². The Kier molecular flexibility index (Phi) is 4.15. The maximum Gasteiger partial charge on any atom is 0.408 e. The van der Waals surface area contributed by atoms with Crippen LogP contribution in [0.1, 0.15) is 26.3 Å². The largest absolute Gasteiger partial charge is 0.444 e. The first kappa shape index (κ1) is 18.8. The summed E-state index contributed by atoms with van der Waals surface area (Å²) in [6.07, 6.45) is -9.18. The number of ether oxygens (including phenoxy) is 2. The molecule has 2 heterocycles. The average Bonchev–Trinajstić information content (AvgIpc) is 2.87. The van der Waals surface area contributed by atoms with Gasteiger partial charge in [-0.15, -0.1) is 0 Å². The zero-order valence-electron chi connectivity index (χ0n) is 14.8. The number of anilines is 1. The summed E-state index contributed by atoms with van der Waals surface area (Å²) in [5, 5.41) is 12.4. The van der Waals surface area contributed by atoms with Crippen LogP contribution in [-0.4, -0.2) is 42.5 Å². The molecule has 2 N–H and O–H groups in total. The van der Waals surface area contributed by atoms with Gasteiger partial charge in [0.15, 0.2) is 12.5 Å². The SMILES string of the molecule is CN1c2ccccc2[C@]2(NC(=O)OC(C)(C)C)[C@H]1O[C@@H](O)[C@H]2C(F)(F)F. The number of alkyl carbamates (subject to hydrolysis) is 1. The number of halogens is 3. The van der Waals surface area contributed by atoms with Gasteiger partial charge in [-0.1, -0.05) is 18.2 Å². The van der Waals surface area contributed by atoms with Crippen molar-refractivity contribution in [2.45, 2.75) is 50.6 Å². The normalized spacial score (nSPS) is 30.8. The van der Waals surface area contributed by atoms with E-state index in [1.54, 1.807) is 46.0 Å². The molecule has 1 amide bonds. The van der Waals surface area contributed by atoms with E-state index in [9.17, 15) is 23.1 Å². The summed E-state index contributed by atoms with van der Waals surface area (Å²) in [6.45, 7) is 4.83. The summed E-state index contributed by atoms with van der Waals surface area (Å²) in [7, 11) is 1.55. The molecule has 1 saturated heterocycles. The minimum absolute atomic E-state index is 0.220. The van der Waals surface area contributed by atoms with E-state index < -0.39 is 41.8 Å². The predicted molar refractivity (Wildman–Crippen MR) is 86.3 cm³/mol. The van der Waals surface area contributed by atoms with E-state index in [0.29, 0.717) is 5.69 Å². The van der Waals surface area contributed by atoms with Gasteiger partial charge in [0.2, 0.25) is 0 Å². The van der Waals surface area contributed by atoms with E-state index in [-0.39, 0.29) is 5.56 Å². The highest BCUT2D eigenvalue weighted by Crippen LogP contribution is 2.57. The summed E-state index contributed by atoms with van der Waals surface area (Å²) in [6, 6.07) is 6.38. The van der Waals surface area contributed by atoms with Gasteiger partial charge >= 0.3 is 12.3 Å². The third-order valence-corrected chi connectivity index (χ3v) is 4.58. The van der Waals surface area contributed by atoms with Crippen molar-refractivity contribution in [3.05, 3.63) is 29.8 Å². The number of nitrogens with one attached hydrogen (secondary N) is 1. The molecule has 144 valence electrons. The molecule has 0 aliphatic carbocycles. The van der Waals surface area contributed by atoms with Crippen molar-refractivity contribution < 1.29 is 32.5 Å². The van der Waals surface area contributed by atoms with Gasteiger partial charge in [-0.3, -0.25) is 0 Å². The summed E-state index contributed by atoms with van der Waals surface area (Å²) in [4.78, 5) is 13.9. The fourth-order valence-corrected chi connectivity index (χ4v) is 3.75. The van der Waals surface area contributed by atoms with E-state index in [2.05, 4.69) is 5.32 Å². The minimum Gasteiger partial charge on any atom is -0.444 e. The first-order valence-corrected chi connectivity index (χ1v) is 8.11. The lowest BCUT2D eigenvalue weighted by atomic mass is 9.79. The number of amides is 1. The molecule has 0 unspecified atom stereocenters. The quantitative estimate of drug-likeness (QED) is 0.791. The number of benzene rings is 1. The Hall–Kier alpha value is -2.00. The first-order chi connectivity index (χ1) is 11.9. The number of likely N-dealkylation sites (N-methyl/N-ethyl adjacent to an activating group) is 1. The number of para-hydroxylation sites is 1. The average molecular weight is 374 g/mol. The molecule has 3 rings (SSSR count). The van der Waals surface area contributed by atoms with Crippen molar-refractivity contribution in [1.82, 2.24) is 5.32 Å². The molecule has 0 saturated carbocycles. The molecule has 2 aliphatic rings. The lowest BCUT2D eigenvalue weighted by Crippen LogP contribution is -2.60. The van der Waals surface area contributed by atoms with E-state index in [1.807, 2.05) is 0 Å². The number of carbonyl (C=O) groups excluding carboxylic acids is 1. The summed E-state index contributed by atoms with van der Waals surface area (Å²) in [5.41, 5.74) is -2.22. The van der Waals surface area contributed by atoms with Gasteiger partial charge < -0.3 is 24.8 Å². The second-order valence-electron chi connectivity index (χ2n) is 7.52. The van der Waals surface area contributed by atoms with E-state index >= 15 is 0 Å². The van der Waals surface area contributed by atoms with Crippen molar-refractivity contribution in [1.29, 1.82) is 0 Å². The van der Waals surface area contributed by atoms with Crippen LogP contribution in [0, 0.1) is 5.92 Å². The fraction of sp³-hybridized carbons (Fsp3) is 0.588. The van der Waals surface area contributed by atoms with Crippen molar-refractivity contribution in [2.24, 2.45) is 5.92 Å². The lowest BCUT2D eigenvalue weighted by Gasteiger charge is -2.37. The number of hydrogen-bond donors (Lipinski definition) is 2. The zero-order valence-corrected chi connectivity index (χ0v) is 14.8. The highest BCUT2D eigenvalue weighted by Gasteiger charge is 2.72. The standard InChI is InChI=1S/C17H21F3N2O4/c1-15(2,3)26-14(24)21-16-9-7-5-6-8-10(9)22(4)13(16)25-12(23)11(16)17(18,19)20/h5-8,11-13,23H,1-4H3,(H,21,24)/t11-,12-,13-,16-/m1/s1.